The van der Waals surface area contributed by atoms with E-state index in [-0.39, 0.29) is 12.8 Å². The third-order valence-corrected chi connectivity index (χ3v) is 3.87. The summed E-state index contributed by atoms with van der Waals surface area (Å²) in [6.07, 6.45) is -6.16. The largest absolute Gasteiger partial charge is 0.465 e. The molecule has 1 unspecified atom stereocenters. The topological polar surface area (TPSA) is 102 Å². The first-order valence-electron chi connectivity index (χ1n) is 7.99. The molecule has 0 bridgehead atoms. The first-order chi connectivity index (χ1) is 12.4. The molecule has 10 heteroatoms. The van der Waals surface area contributed by atoms with Gasteiger partial charge in [-0.25, -0.2) is 4.79 Å². The molecule has 2 N–H and O–H groups in total. The number of carbonyl (C=O) groups is 3. The molecule has 2 rings (SSSR count). The van der Waals surface area contributed by atoms with E-state index in [2.05, 4.69) is 5.32 Å². The number of nitrogens with one attached hydrogen (secondary N) is 1. The summed E-state index contributed by atoms with van der Waals surface area (Å²) in [5.41, 5.74) is -0.435. The third kappa shape index (κ3) is 5.60. The van der Waals surface area contributed by atoms with Crippen LogP contribution in [0.1, 0.15) is 31.4 Å². The van der Waals surface area contributed by atoms with Crippen molar-refractivity contribution in [2.45, 2.75) is 44.7 Å². The molecular formula is C17H18F3NO6. The van der Waals surface area contributed by atoms with Gasteiger partial charge in [0.1, 0.15) is 0 Å². The first-order valence-corrected chi connectivity index (χ1v) is 7.99. The predicted molar refractivity (Wildman–Crippen MR) is 84.5 cm³/mol. The van der Waals surface area contributed by atoms with Gasteiger partial charge in [-0.05, 0) is 30.5 Å². The van der Waals surface area contributed by atoms with Crippen LogP contribution in [0.2, 0.25) is 0 Å². The summed E-state index contributed by atoms with van der Waals surface area (Å²) < 4.78 is 47.8. The number of alkyl halides is 3. The monoisotopic (exact) mass is 389 g/mol. The number of esters is 2. The van der Waals surface area contributed by atoms with Gasteiger partial charge in [-0.3, -0.25) is 9.59 Å². The second kappa shape index (κ2) is 7.45. The smallest absolute Gasteiger partial charge is 0.416 e. The fourth-order valence-electron chi connectivity index (χ4n) is 2.70. The predicted octanol–water partition coefficient (Wildman–Crippen LogP) is 2.73. The van der Waals surface area contributed by atoms with Crippen molar-refractivity contribution in [3.63, 3.8) is 0 Å². The molecule has 1 fully saturated rings. The molecule has 1 aromatic rings. The van der Waals surface area contributed by atoms with E-state index >= 15 is 0 Å². The molecule has 7 nitrogen and oxygen atoms in total. The number of carbonyl (C=O) groups excluding carboxylic acids is 2. The lowest BCUT2D eigenvalue weighted by Gasteiger charge is -2.34. The van der Waals surface area contributed by atoms with Gasteiger partial charge >= 0.3 is 24.2 Å². The zero-order valence-corrected chi connectivity index (χ0v) is 14.5. The average Bonchev–Trinajstić information content (AvgIpc) is 2.49. The van der Waals surface area contributed by atoms with Crippen molar-refractivity contribution in [2.24, 2.45) is 5.92 Å². The molecule has 0 radical (unpaired) electrons. The normalized spacial score (nSPS) is 18.4. The number of amides is 1. The Morgan fingerprint density at radius 3 is 2.15 bits per heavy atom. The van der Waals surface area contributed by atoms with Gasteiger partial charge in [-0.2, -0.15) is 13.2 Å². The maximum Gasteiger partial charge on any atom is 0.416 e. The van der Waals surface area contributed by atoms with Gasteiger partial charge in [-0.15, -0.1) is 0 Å². The molecule has 1 heterocycles. The summed E-state index contributed by atoms with van der Waals surface area (Å²) in [6.45, 7) is 2.77. The number of hydrogen-bond donors (Lipinski definition) is 2. The Morgan fingerprint density at radius 1 is 1.19 bits per heavy atom. The molecule has 1 aliphatic heterocycles. The van der Waals surface area contributed by atoms with E-state index in [9.17, 15) is 27.6 Å². The Labute approximate surface area is 152 Å². The Bertz CT molecular complexity index is 709. The van der Waals surface area contributed by atoms with Crippen LogP contribution in [0.5, 0.6) is 0 Å². The number of ether oxygens (including phenoxy) is 2. The zero-order valence-electron chi connectivity index (χ0n) is 14.5. The Hall–Kier alpha value is -2.78. The van der Waals surface area contributed by atoms with Crippen molar-refractivity contribution in [3.8, 4) is 0 Å². The van der Waals surface area contributed by atoms with Gasteiger partial charge in [0.15, 0.2) is 5.92 Å². The Kier molecular flexibility index (Phi) is 5.67. The summed E-state index contributed by atoms with van der Waals surface area (Å²) >= 11 is 0. The van der Waals surface area contributed by atoms with Crippen LogP contribution in [0.4, 0.5) is 18.0 Å². The molecule has 0 saturated carbocycles. The summed E-state index contributed by atoms with van der Waals surface area (Å²) in [4.78, 5) is 35.1. The quantitative estimate of drug-likeness (QED) is 0.593. The highest BCUT2D eigenvalue weighted by atomic mass is 19.4. The summed E-state index contributed by atoms with van der Waals surface area (Å²) in [5, 5.41) is 11.1. The van der Waals surface area contributed by atoms with Crippen LogP contribution in [-0.2, 0) is 31.7 Å². The highest BCUT2D eigenvalue weighted by Gasteiger charge is 2.44. The van der Waals surface area contributed by atoms with E-state index in [1.54, 1.807) is 0 Å². The molecule has 1 aromatic carbocycles. The minimum Gasteiger partial charge on any atom is -0.465 e. The SMILES string of the molecule is CC1(C)OC(=O)C(CC(Cc2ccc(C(F)(F)F)cc2)NC(=O)O)C(=O)O1. The van der Waals surface area contributed by atoms with Crippen LogP contribution in [-0.4, -0.2) is 35.0 Å². The maximum atomic E-state index is 12.6. The molecule has 1 atom stereocenters. The molecule has 27 heavy (non-hydrogen) atoms. The fourth-order valence-corrected chi connectivity index (χ4v) is 2.70. The van der Waals surface area contributed by atoms with Crippen LogP contribution in [0, 0.1) is 5.92 Å². The summed E-state index contributed by atoms with van der Waals surface area (Å²) in [6, 6.07) is 3.25. The van der Waals surface area contributed by atoms with Crippen molar-refractivity contribution in [3.05, 3.63) is 35.4 Å². The minimum absolute atomic E-state index is 0.0229. The molecule has 0 aliphatic carbocycles. The molecule has 0 aromatic heterocycles. The summed E-state index contributed by atoms with van der Waals surface area (Å²) in [5.74, 6) is -4.43. The molecule has 148 valence electrons. The van der Waals surface area contributed by atoms with Crippen LogP contribution in [0.3, 0.4) is 0 Å². The standard InChI is InChI=1S/C17H18F3NO6/c1-16(2)26-13(22)12(14(23)27-16)8-11(21-15(24)25)7-9-3-5-10(6-4-9)17(18,19)20/h3-6,11-12,21H,7-8H2,1-2H3,(H,24,25). The van der Waals surface area contributed by atoms with Crippen molar-refractivity contribution in [2.75, 3.05) is 0 Å². The van der Waals surface area contributed by atoms with Gasteiger partial charge in [0.25, 0.3) is 5.79 Å². The van der Waals surface area contributed by atoms with Crippen LogP contribution in [0.25, 0.3) is 0 Å². The minimum atomic E-state index is -4.49. The highest BCUT2D eigenvalue weighted by Crippen LogP contribution is 2.30. The second-order valence-corrected chi connectivity index (χ2v) is 6.58. The number of hydrogen-bond acceptors (Lipinski definition) is 5. The van der Waals surface area contributed by atoms with Gasteiger partial charge < -0.3 is 19.9 Å². The second-order valence-electron chi connectivity index (χ2n) is 6.58. The van der Waals surface area contributed by atoms with E-state index in [1.165, 1.54) is 26.0 Å². The number of cyclic esters (lactones) is 2. The van der Waals surface area contributed by atoms with Gasteiger partial charge in [0, 0.05) is 19.9 Å². The number of carboxylic acid groups (broad SMARTS) is 1. The first kappa shape index (κ1) is 20.5. The lowest BCUT2D eigenvalue weighted by Crippen LogP contribution is -2.49. The average molecular weight is 389 g/mol. The van der Waals surface area contributed by atoms with Crippen LogP contribution < -0.4 is 5.32 Å². The van der Waals surface area contributed by atoms with E-state index in [0.717, 1.165) is 12.1 Å². The van der Waals surface area contributed by atoms with Crippen LogP contribution in [0.15, 0.2) is 24.3 Å². The van der Waals surface area contributed by atoms with Crippen molar-refractivity contribution in [1.29, 1.82) is 0 Å². The lowest BCUT2D eigenvalue weighted by atomic mass is 9.94. The van der Waals surface area contributed by atoms with Gasteiger partial charge in [-0.1, -0.05) is 12.1 Å². The van der Waals surface area contributed by atoms with E-state index < -0.39 is 47.5 Å². The van der Waals surface area contributed by atoms with Crippen molar-refractivity contribution in [1.82, 2.24) is 5.32 Å². The van der Waals surface area contributed by atoms with E-state index in [0.29, 0.717) is 5.56 Å². The lowest BCUT2D eigenvalue weighted by molar-refractivity contribution is -0.240. The zero-order chi connectivity index (χ0) is 20.4. The summed E-state index contributed by atoms with van der Waals surface area (Å²) in [7, 11) is 0. The number of halogens is 3. The van der Waals surface area contributed by atoms with E-state index in [1.807, 2.05) is 0 Å². The molecule has 0 spiro atoms. The molecule has 1 saturated heterocycles. The molecule has 1 amide bonds. The molecule has 1 aliphatic rings. The number of benzene rings is 1. The fraction of sp³-hybridized carbons (Fsp3) is 0.471. The number of rotatable bonds is 5. The third-order valence-electron chi connectivity index (χ3n) is 3.87. The maximum absolute atomic E-state index is 12.6. The van der Waals surface area contributed by atoms with Gasteiger partial charge in [0.05, 0.1) is 5.56 Å². The Morgan fingerprint density at radius 2 is 1.70 bits per heavy atom. The Balaban J connectivity index is 2.12. The van der Waals surface area contributed by atoms with Gasteiger partial charge in [0.2, 0.25) is 0 Å². The van der Waals surface area contributed by atoms with Crippen molar-refractivity contribution < 1.29 is 42.1 Å². The highest BCUT2D eigenvalue weighted by molar-refractivity contribution is 5.96. The van der Waals surface area contributed by atoms with Crippen LogP contribution >= 0.6 is 0 Å². The van der Waals surface area contributed by atoms with E-state index in [4.69, 9.17) is 14.6 Å². The van der Waals surface area contributed by atoms with Crippen molar-refractivity contribution >= 4 is 18.0 Å². The molecular weight excluding hydrogens is 371 g/mol.